The summed E-state index contributed by atoms with van der Waals surface area (Å²) in [6.07, 6.45) is 0. The van der Waals surface area contributed by atoms with Gasteiger partial charge in [-0.3, -0.25) is 4.57 Å². The first kappa shape index (κ1) is 19.7. The van der Waals surface area contributed by atoms with Crippen LogP contribution in [0.15, 0.2) is 53.9 Å². The summed E-state index contributed by atoms with van der Waals surface area (Å²) in [6.45, 7) is 12.9. The topological polar surface area (TPSA) is 38.0 Å². The van der Waals surface area contributed by atoms with Gasteiger partial charge in [0.2, 0.25) is 0 Å². The molecule has 2 aromatic carbocycles. The molecule has 3 nitrogen and oxygen atoms in total. The summed E-state index contributed by atoms with van der Waals surface area (Å²) < 4.78 is 2.23. The van der Waals surface area contributed by atoms with Gasteiger partial charge in [-0.25, -0.2) is 4.98 Å². The summed E-state index contributed by atoms with van der Waals surface area (Å²) in [4.78, 5) is 6.08. The van der Waals surface area contributed by atoms with Crippen LogP contribution in [-0.4, -0.2) is 14.7 Å². The van der Waals surface area contributed by atoms with E-state index >= 15 is 0 Å². The van der Waals surface area contributed by atoms with Gasteiger partial charge >= 0.3 is 0 Å². The van der Waals surface area contributed by atoms with Crippen molar-refractivity contribution in [3.8, 4) is 22.1 Å². The fourth-order valence-electron chi connectivity index (χ4n) is 3.75. The molecular weight excluding hydrogens is 376 g/mol. The number of imidazole rings is 1. The van der Waals surface area contributed by atoms with Crippen molar-refractivity contribution in [2.24, 2.45) is 0 Å². The molecule has 0 radical (unpaired) electrons. The maximum Gasteiger partial charge on any atom is 0.155 e. The van der Waals surface area contributed by atoms with Crippen LogP contribution in [0, 0.1) is 0 Å². The van der Waals surface area contributed by atoms with Gasteiger partial charge in [0, 0.05) is 16.8 Å². The van der Waals surface area contributed by atoms with Crippen LogP contribution in [0.25, 0.3) is 27.4 Å². The minimum Gasteiger partial charge on any atom is -0.507 e. The molecule has 29 heavy (non-hydrogen) atoms. The molecule has 0 saturated carbocycles. The monoisotopic (exact) mass is 404 g/mol. The Labute approximate surface area is 176 Å². The van der Waals surface area contributed by atoms with E-state index in [0.29, 0.717) is 5.75 Å². The number of aromatic nitrogens is 2. The standard InChI is InChI=1S/C25H28N2OS/c1-24(2,3)17-14-16(15-18(22(17)28)25(4,5)6)27-20-11-8-7-10-19(20)26-23(27)21-12-9-13-29-21/h7-15,28H,1-6H3. The molecule has 0 fully saturated rings. The molecule has 0 aliphatic rings. The van der Waals surface area contributed by atoms with Gasteiger partial charge in [0.15, 0.2) is 5.82 Å². The van der Waals surface area contributed by atoms with E-state index in [-0.39, 0.29) is 10.8 Å². The molecule has 0 atom stereocenters. The molecule has 0 aliphatic heterocycles. The van der Waals surface area contributed by atoms with Crippen LogP contribution < -0.4 is 0 Å². The molecule has 0 spiro atoms. The van der Waals surface area contributed by atoms with Gasteiger partial charge in [-0.2, -0.15) is 0 Å². The largest absolute Gasteiger partial charge is 0.507 e. The van der Waals surface area contributed by atoms with Crippen molar-refractivity contribution in [3.63, 3.8) is 0 Å². The van der Waals surface area contributed by atoms with E-state index in [4.69, 9.17) is 4.98 Å². The summed E-state index contributed by atoms with van der Waals surface area (Å²) in [7, 11) is 0. The van der Waals surface area contributed by atoms with Crippen molar-refractivity contribution >= 4 is 22.4 Å². The second-order valence-electron chi connectivity index (χ2n) is 9.63. The number of phenolic OH excluding ortho intramolecular Hbond substituents is 1. The lowest BCUT2D eigenvalue weighted by Crippen LogP contribution is -2.18. The molecule has 0 unspecified atom stereocenters. The van der Waals surface area contributed by atoms with Crippen LogP contribution >= 0.6 is 11.3 Å². The van der Waals surface area contributed by atoms with E-state index in [1.807, 2.05) is 6.07 Å². The van der Waals surface area contributed by atoms with E-state index in [0.717, 1.165) is 38.5 Å². The lowest BCUT2D eigenvalue weighted by molar-refractivity contribution is 0.423. The number of nitrogens with zero attached hydrogens (tertiary/aromatic N) is 2. The van der Waals surface area contributed by atoms with Gasteiger partial charge in [0.05, 0.1) is 15.9 Å². The van der Waals surface area contributed by atoms with Crippen LogP contribution in [0.3, 0.4) is 0 Å². The summed E-state index contributed by atoms with van der Waals surface area (Å²) in [5.74, 6) is 1.34. The number of hydrogen-bond donors (Lipinski definition) is 1. The third-order valence-corrected chi connectivity index (χ3v) is 6.14. The summed E-state index contributed by atoms with van der Waals surface area (Å²) in [5.41, 5.74) is 4.62. The second-order valence-corrected chi connectivity index (χ2v) is 10.6. The van der Waals surface area contributed by atoms with Gasteiger partial charge in [0.1, 0.15) is 5.75 Å². The van der Waals surface area contributed by atoms with Gasteiger partial charge in [-0.15, -0.1) is 11.3 Å². The maximum absolute atomic E-state index is 11.1. The molecule has 0 saturated heterocycles. The molecule has 150 valence electrons. The number of fused-ring (bicyclic) bond motifs is 1. The zero-order valence-corrected chi connectivity index (χ0v) is 18.8. The van der Waals surface area contributed by atoms with E-state index in [2.05, 4.69) is 94.0 Å². The van der Waals surface area contributed by atoms with E-state index in [1.54, 1.807) is 11.3 Å². The van der Waals surface area contributed by atoms with Crippen molar-refractivity contribution in [2.75, 3.05) is 0 Å². The van der Waals surface area contributed by atoms with Crippen LogP contribution in [0.1, 0.15) is 52.7 Å². The normalized spacial score (nSPS) is 12.6. The Hall–Kier alpha value is -2.59. The Morgan fingerprint density at radius 2 is 1.48 bits per heavy atom. The Bertz CT molecular complexity index is 1140. The number of benzene rings is 2. The lowest BCUT2D eigenvalue weighted by Gasteiger charge is -2.28. The molecule has 4 heteroatoms. The highest BCUT2D eigenvalue weighted by Crippen LogP contribution is 2.42. The minimum atomic E-state index is -0.181. The fraction of sp³-hybridized carbons (Fsp3) is 0.320. The molecule has 0 aliphatic carbocycles. The quantitative estimate of drug-likeness (QED) is 0.388. The molecule has 0 bridgehead atoms. The van der Waals surface area contributed by atoms with Gasteiger partial charge in [0.25, 0.3) is 0 Å². The number of rotatable bonds is 2. The van der Waals surface area contributed by atoms with Crippen LogP contribution in [0.5, 0.6) is 5.75 Å². The number of aromatic hydroxyl groups is 1. The van der Waals surface area contributed by atoms with Crippen molar-refractivity contribution in [3.05, 3.63) is 65.0 Å². The first-order chi connectivity index (χ1) is 13.6. The number of phenols is 1. The SMILES string of the molecule is CC(C)(C)c1cc(-n2c(-c3cccs3)nc3ccccc32)cc(C(C)(C)C)c1O. The third kappa shape index (κ3) is 3.46. The Morgan fingerprint density at radius 3 is 2.03 bits per heavy atom. The van der Waals surface area contributed by atoms with E-state index in [9.17, 15) is 5.11 Å². The Balaban J connectivity index is 2.10. The van der Waals surface area contributed by atoms with Crippen molar-refractivity contribution in [2.45, 2.75) is 52.4 Å². The summed E-state index contributed by atoms with van der Waals surface area (Å²) in [5, 5.41) is 13.2. The summed E-state index contributed by atoms with van der Waals surface area (Å²) >= 11 is 1.69. The van der Waals surface area contributed by atoms with Crippen LogP contribution in [0.2, 0.25) is 0 Å². The van der Waals surface area contributed by atoms with Crippen molar-refractivity contribution in [1.82, 2.24) is 9.55 Å². The van der Waals surface area contributed by atoms with Crippen LogP contribution in [0.4, 0.5) is 0 Å². The molecular formula is C25H28N2OS. The highest BCUT2D eigenvalue weighted by molar-refractivity contribution is 7.13. The summed E-state index contributed by atoms with van der Waals surface area (Å²) in [6, 6.07) is 16.6. The Kier molecular flexibility index (Phi) is 4.58. The highest BCUT2D eigenvalue weighted by atomic mass is 32.1. The first-order valence-electron chi connectivity index (χ1n) is 9.97. The zero-order chi connectivity index (χ0) is 21.0. The molecule has 2 aromatic heterocycles. The average Bonchev–Trinajstić information content (AvgIpc) is 3.27. The number of hydrogen-bond acceptors (Lipinski definition) is 3. The third-order valence-electron chi connectivity index (χ3n) is 5.27. The second kappa shape index (κ2) is 6.74. The maximum atomic E-state index is 11.1. The number of para-hydroxylation sites is 2. The van der Waals surface area contributed by atoms with Gasteiger partial charge < -0.3 is 5.11 Å². The highest BCUT2D eigenvalue weighted by Gasteiger charge is 2.28. The van der Waals surface area contributed by atoms with Crippen molar-refractivity contribution in [1.29, 1.82) is 0 Å². The molecule has 0 amide bonds. The predicted molar refractivity (Wildman–Crippen MR) is 123 cm³/mol. The molecule has 1 N–H and O–H groups in total. The van der Waals surface area contributed by atoms with E-state index in [1.165, 1.54) is 0 Å². The fourth-order valence-corrected chi connectivity index (χ4v) is 4.45. The van der Waals surface area contributed by atoms with Gasteiger partial charge in [-0.1, -0.05) is 59.7 Å². The lowest BCUT2D eigenvalue weighted by atomic mass is 9.79. The molecule has 2 heterocycles. The van der Waals surface area contributed by atoms with Crippen molar-refractivity contribution < 1.29 is 5.11 Å². The zero-order valence-electron chi connectivity index (χ0n) is 17.9. The predicted octanol–water partition coefficient (Wildman–Crippen LogP) is 7.05. The smallest absolute Gasteiger partial charge is 0.155 e. The average molecular weight is 405 g/mol. The minimum absolute atomic E-state index is 0.181. The van der Waals surface area contributed by atoms with Crippen LogP contribution in [-0.2, 0) is 10.8 Å². The molecule has 4 aromatic rings. The first-order valence-corrected chi connectivity index (χ1v) is 10.8. The van der Waals surface area contributed by atoms with E-state index < -0.39 is 0 Å². The number of thiophene rings is 1. The van der Waals surface area contributed by atoms with Gasteiger partial charge in [-0.05, 0) is 46.5 Å². The Morgan fingerprint density at radius 1 is 0.862 bits per heavy atom. The molecule has 4 rings (SSSR count).